The van der Waals surface area contributed by atoms with Gasteiger partial charge in [0.25, 0.3) is 0 Å². The summed E-state index contributed by atoms with van der Waals surface area (Å²) < 4.78 is 0. The summed E-state index contributed by atoms with van der Waals surface area (Å²) in [4.78, 5) is 30.6. The Kier molecular flexibility index (Phi) is 4.46. The molecule has 0 unspecified atom stereocenters. The first kappa shape index (κ1) is 16.0. The lowest BCUT2D eigenvalue weighted by atomic mass is 9.90. The predicted molar refractivity (Wildman–Crippen MR) is 92.8 cm³/mol. The van der Waals surface area contributed by atoms with Crippen molar-refractivity contribution < 1.29 is 9.59 Å². The molecule has 0 aliphatic carbocycles. The summed E-state index contributed by atoms with van der Waals surface area (Å²) in [6.07, 6.45) is 1.89. The Morgan fingerprint density at radius 3 is 2.92 bits per heavy atom. The van der Waals surface area contributed by atoms with Crippen LogP contribution in [0, 0.1) is 0 Å². The highest BCUT2D eigenvalue weighted by Crippen LogP contribution is 2.32. The molecule has 124 valence electrons. The molecular formula is C18H20N4O2. The Hall–Kier alpha value is -2.89. The maximum absolute atomic E-state index is 12.6. The average molecular weight is 324 g/mol. The lowest BCUT2D eigenvalue weighted by molar-refractivity contribution is -0.126. The molecule has 1 aliphatic heterocycles. The van der Waals surface area contributed by atoms with Crippen LogP contribution in [0.4, 0.5) is 11.5 Å². The van der Waals surface area contributed by atoms with E-state index >= 15 is 0 Å². The first-order chi connectivity index (χ1) is 11.5. The molecule has 0 fully saturated rings. The van der Waals surface area contributed by atoms with Gasteiger partial charge in [-0.25, -0.2) is 4.98 Å². The largest absolute Gasteiger partial charge is 0.363 e. The molecule has 24 heavy (non-hydrogen) atoms. The number of amides is 2. The van der Waals surface area contributed by atoms with Crippen LogP contribution in [-0.4, -0.2) is 30.9 Å². The monoisotopic (exact) mass is 324 g/mol. The van der Waals surface area contributed by atoms with Crippen LogP contribution in [0.3, 0.4) is 0 Å². The molecule has 1 atom stereocenters. The summed E-state index contributed by atoms with van der Waals surface area (Å²) in [6.45, 7) is 0.405. The van der Waals surface area contributed by atoms with Gasteiger partial charge in [0.15, 0.2) is 0 Å². The molecule has 0 saturated carbocycles. The van der Waals surface area contributed by atoms with E-state index in [-0.39, 0.29) is 18.2 Å². The lowest BCUT2D eigenvalue weighted by Crippen LogP contribution is -2.34. The number of fused-ring (bicyclic) bond motifs is 1. The van der Waals surface area contributed by atoms with E-state index in [9.17, 15) is 9.59 Å². The van der Waals surface area contributed by atoms with E-state index in [1.54, 1.807) is 6.20 Å². The molecule has 3 rings (SSSR count). The fourth-order valence-electron chi connectivity index (χ4n) is 2.77. The van der Waals surface area contributed by atoms with Crippen molar-refractivity contribution in [2.45, 2.75) is 18.9 Å². The van der Waals surface area contributed by atoms with Crippen molar-refractivity contribution in [1.29, 1.82) is 0 Å². The van der Waals surface area contributed by atoms with Crippen LogP contribution in [0.2, 0.25) is 0 Å². The number of nitrogens with one attached hydrogen (secondary N) is 2. The van der Waals surface area contributed by atoms with Crippen molar-refractivity contribution in [1.82, 2.24) is 10.3 Å². The predicted octanol–water partition coefficient (Wildman–Crippen LogP) is 1.89. The van der Waals surface area contributed by atoms with Crippen LogP contribution < -0.4 is 15.5 Å². The summed E-state index contributed by atoms with van der Waals surface area (Å²) >= 11 is 0. The van der Waals surface area contributed by atoms with Crippen LogP contribution in [-0.2, 0) is 16.1 Å². The third-order valence-corrected chi connectivity index (χ3v) is 4.05. The highest BCUT2D eigenvalue weighted by Gasteiger charge is 2.30. The van der Waals surface area contributed by atoms with Crippen LogP contribution >= 0.6 is 0 Å². The number of rotatable bonds is 4. The third kappa shape index (κ3) is 3.37. The first-order valence-corrected chi connectivity index (χ1v) is 7.83. The van der Waals surface area contributed by atoms with Gasteiger partial charge in [-0.1, -0.05) is 18.2 Å². The van der Waals surface area contributed by atoms with Gasteiger partial charge in [0.2, 0.25) is 11.8 Å². The van der Waals surface area contributed by atoms with Gasteiger partial charge in [0.1, 0.15) is 5.82 Å². The Bertz CT molecular complexity index is 773. The second-order valence-corrected chi connectivity index (χ2v) is 6.03. The lowest BCUT2D eigenvalue weighted by Gasteiger charge is -2.24. The molecule has 6 heteroatoms. The summed E-state index contributed by atoms with van der Waals surface area (Å²) in [5.41, 5.74) is 2.54. The van der Waals surface area contributed by atoms with E-state index in [4.69, 9.17) is 0 Å². The topological polar surface area (TPSA) is 74.3 Å². The maximum Gasteiger partial charge on any atom is 0.228 e. The van der Waals surface area contributed by atoms with Crippen molar-refractivity contribution >= 4 is 23.3 Å². The summed E-state index contributed by atoms with van der Waals surface area (Å²) in [5.74, 6) is 0.113. The molecule has 1 aromatic heterocycles. The number of pyridine rings is 1. The van der Waals surface area contributed by atoms with Gasteiger partial charge in [-0.3, -0.25) is 9.59 Å². The average Bonchev–Trinajstić information content (AvgIpc) is 2.59. The minimum absolute atomic E-state index is 0.132. The number of nitrogens with zero attached hydrogens (tertiary/aromatic N) is 2. The normalized spacial score (nSPS) is 16.1. The SMILES string of the molecule is CN(C)c1cc(CNC(=O)[C@H]2CC(=O)Nc3ccccc32)ccn1. The molecule has 1 aliphatic rings. The van der Waals surface area contributed by atoms with E-state index in [0.29, 0.717) is 12.2 Å². The van der Waals surface area contributed by atoms with Crippen LogP contribution in [0.15, 0.2) is 42.6 Å². The number of carbonyl (C=O) groups excluding carboxylic acids is 2. The minimum atomic E-state index is -0.454. The molecule has 0 radical (unpaired) electrons. The van der Waals surface area contributed by atoms with E-state index in [1.807, 2.05) is 55.4 Å². The van der Waals surface area contributed by atoms with Gasteiger partial charge in [-0.15, -0.1) is 0 Å². The zero-order valence-electron chi connectivity index (χ0n) is 13.7. The van der Waals surface area contributed by atoms with E-state index in [0.717, 1.165) is 16.9 Å². The molecule has 0 bridgehead atoms. The Morgan fingerprint density at radius 2 is 2.12 bits per heavy atom. The molecule has 0 spiro atoms. The van der Waals surface area contributed by atoms with Crippen LogP contribution in [0.5, 0.6) is 0 Å². The summed E-state index contributed by atoms with van der Waals surface area (Å²) in [6, 6.07) is 11.2. The highest BCUT2D eigenvalue weighted by molar-refractivity contribution is 6.01. The van der Waals surface area contributed by atoms with E-state index < -0.39 is 5.92 Å². The number of hydrogen-bond donors (Lipinski definition) is 2. The Labute approximate surface area is 140 Å². The smallest absolute Gasteiger partial charge is 0.228 e. The molecule has 2 amide bonds. The van der Waals surface area contributed by atoms with Crippen molar-refractivity contribution in [2.24, 2.45) is 0 Å². The first-order valence-electron chi connectivity index (χ1n) is 7.83. The molecule has 6 nitrogen and oxygen atoms in total. The number of hydrogen-bond acceptors (Lipinski definition) is 4. The van der Waals surface area contributed by atoms with Gasteiger partial charge >= 0.3 is 0 Å². The van der Waals surface area contributed by atoms with Gasteiger partial charge in [-0.05, 0) is 29.3 Å². The molecule has 2 heterocycles. The Balaban J connectivity index is 1.72. The van der Waals surface area contributed by atoms with Crippen molar-refractivity contribution in [3.8, 4) is 0 Å². The highest BCUT2D eigenvalue weighted by atomic mass is 16.2. The number of anilines is 2. The second kappa shape index (κ2) is 6.70. The van der Waals surface area contributed by atoms with Crippen molar-refractivity contribution in [3.63, 3.8) is 0 Å². The standard InChI is InChI=1S/C18H20N4O2/c1-22(2)16-9-12(7-8-19-16)11-20-18(24)14-10-17(23)21-15-6-4-3-5-13(14)15/h3-9,14H,10-11H2,1-2H3,(H,20,24)(H,21,23)/t14-/m0/s1. The van der Waals surface area contributed by atoms with Gasteiger partial charge in [-0.2, -0.15) is 0 Å². The molecular weight excluding hydrogens is 304 g/mol. The minimum Gasteiger partial charge on any atom is -0.363 e. The van der Waals surface area contributed by atoms with Gasteiger partial charge in [0.05, 0.1) is 5.92 Å². The number of para-hydroxylation sites is 1. The van der Waals surface area contributed by atoms with E-state index in [1.165, 1.54) is 0 Å². The summed E-state index contributed by atoms with van der Waals surface area (Å²) in [5, 5.41) is 5.74. The van der Waals surface area contributed by atoms with Crippen LogP contribution in [0.1, 0.15) is 23.5 Å². The molecule has 2 aromatic rings. The molecule has 0 saturated heterocycles. The molecule has 1 aromatic carbocycles. The maximum atomic E-state index is 12.6. The van der Waals surface area contributed by atoms with E-state index in [2.05, 4.69) is 15.6 Å². The number of aromatic nitrogens is 1. The zero-order valence-corrected chi connectivity index (χ0v) is 13.7. The molecule has 2 N–H and O–H groups in total. The number of carbonyl (C=O) groups is 2. The van der Waals surface area contributed by atoms with Crippen molar-refractivity contribution in [3.05, 3.63) is 53.7 Å². The second-order valence-electron chi connectivity index (χ2n) is 6.03. The Morgan fingerprint density at radius 1 is 1.33 bits per heavy atom. The van der Waals surface area contributed by atoms with Crippen LogP contribution in [0.25, 0.3) is 0 Å². The van der Waals surface area contributed by atoms with Gasteiger partial charge < -0.3 is 15.5 Å². The fraction of sp³-hybridized carbons (Fsp3) is 0.278. The summed E-state index contributed by atoms with van der Waals surface area (Å²) in [7, 11) is 3.84. The van der Waals surface area contributed by atoms with Crippen molar-refractivity contribution in [2.75, 3.05) is 24.3 Å². The quantitative estimate of drug-likeness (QED) is 0.901. The third-order valence-electron chi connectivity index (χ3n) is 4.05. The van der Waals surface area contributed by atoms with Gasteiger partial charge in [0, 0.05) is 38.9 Å². The number of benzene rings is 1. The zero-order chi connectivity index (χ0) is 17.1. The fourth-order valence-corrected chi connectivity index (χ4v) is 2.77.